The maximum Gasteiger partial charge on any atom is 0.416 e. The molecule has 38 heavy (non-hydrogen) atoms. The molecule has 0 aliphatic carbocycles. The summed E-state index contributed by atoms with van der Waals surface area (Å²) in [5.41, 5.74) is 6.91. The van der Waals surface area contributed by atoms with Gasteiger partial charge in [-0.15, -0.1) is 11.8 Å². The predicted molar refractivity (Wildman–Crippen MR) is 146 cm³/mol. The van der Waals surface area contributed by atoms with Crippen LogP contribution in [0.1, 0.15) is 33.4 Å². The van der Waals surface area contributed by atoms with Crippen molar-refractivity contribution >= 4 is 41.0 Å². The van der Waals surface area contributed by atoms with Crippen molar-refractivity contribution in [2.24, 2.45) is 5.73 Å². The van der Waals surface area contributed by atoms with Gasteiger partial charge in [-0.1, -0.05) is 60.8 Å². The van der Waals surface area contributed by atoms with Crippen LogP contribution in [0.15, 0.2) is 89.0 Å². The largest absolute Gasteiger partial charge is 0.416 e. The molecule has 0 aromatic heterocycles. The van der Waals surface area contributed by atoms with Gasteiger partial charge in [0.05, 0.1) is 11.1 Å². The topological polar surface area (TPSA) is 38.0 Å². The first-order valence-electron chi connectivity index (χ1n) is 11.1. The lowest BCUT2D eigenvalue weighted by atomic mass is 10.0. The second-order valence-corrected chi connectivity index (χ2v) is 9.81. The van der Waals surface area contributed by atoms with Crippen molar-refractivity contribution in [2.75, 3.05) is 7.05 Å². The van der Waals surface area contributed by atoms with E-state index in [0.717, 1.165) is 39.1 Å². The van der Waals surface area contributed by atoms with Crippen molar-refractivity contribution < 1.29 is 26.3 Å². The average Bonchev–Trinajstić information content (AvgIpc) is 2.88. The summed E-state index contributed by atoms with van der Waals surface area (Å²) in [6.45, 7) is 3.82. The van der Waals surface area contributed by atoms with E-state index in [0.29, 0.717) is 17.8 Å². The summed E-state index contributed by atoms with van der Waals surface area (Å²) in [7, 11) is 1.43. The number of alkyl halides is 6. The van der Waals surface area contributed by atoms with E-state index in [2.05, 4.69) is 11.9 Å². The van der Waals surface area contributed by atoms with E-state index in [4.69, 9.17) is 5.73 Å². The van der Waals surface area contributed by atoms with E-state index < -0.39 is 23.5 Å². The second kappa shape index (κ2) is 12.5. The Morgan fingerprint density at radius 2 is 1.47 bits per heavy atom. The number of hydrogen-bond acceptors (Lipinski definition) is 4. The molecule has 0 bridgehead atoms. The Hall–Kier alpha value is -3.24. The van der Waals surface area contributed by atoms with Crippen molar-refractivity contribution in [3.63, 3.8) is 0 Å². The number of hydrogen-bond donors (Lipinski definition) is 2. The molecule has 3 aromatic carbocycles. The highest BCUT2D eigenvalue weighted by atomic mass is 32.2. The number of thioether (sulfide) groups is 2. The van der Waals surface area contributed by atoms with Gasteiger partial charge in [0.1, 0.15) is 0 Å². The van der Waals surface area contributed by atoms with Gasteiger partial charge in [0.25, 0.3) is 0 Å². The minimum absolute atomic E-state index is 0.108. The van der Waals surface area contributed by atoms with Crippen LogP contribution < -0.4 is 11.1 Å². The lowest BCUT2D eigenvalue weighted by molar-refractivity contribution is -0.143. The van der Waals surface area contributed by atoms with Crippen LogP contribution in [0.2, 0.25) is 0 Å². The smallest absolute Gasteiger partial charge is 0.398 e. The highest BCUT2D eigenvalue weighted by Crippen LogP contribution is 2.38. The second-order valence-electron chi connectivity index (χ2n) is 8.01. The van der Waals surface area contributed by atoms with Crippen LogP contribution in [0.4, 0.5) is 26.3 Å². The van der Waals surface area contributed by atoms with Gasteiger partial charge >= 0.3 is 12.4 Å². The van der Waals surface area contributed by atoms with Crippen LogP contribution in [0, 0.1) is 0 Å². The van der Waals surface area contributed by atoms with Crippen LogP contribution >= 0.6 is 23.5 Å². The molecule has 3 aromatic rings. The number of nitrogens with one attached hydrogen (secondary N) is 1. The van der Waals surface area contributed by atoms with Crippen molar-refractivity contribution in [1.29, 1.82) is 0 Å². The number of rotatable bonds is 9. The molecule has 200 valence electrons. The molecule has 0 saturated heterocycles. The Morgan fingerprint density at radius 1 is 0.868 bits per heavy atom. The first-order chi connectivity index (χ1) is 17.9. The van der Waals surface area contributed by atoms with Crippen LogP contribution in [0.25, 0.3) is 17.5 Å². The first kappa shape index (κ1) is 29.3. The Balaban J connectivity index is 1.74. The van der Waals surface area contributed by atoms with E-state index >= 15 is 0 Å². The maximum atomic E-state index is 13.2. The summed E-state index contributed by atoms with van der Waals surface area (Å²) in [6, 6.07) is 16.6. The van der Waals surface area contributed by atoms with E-state index in [1.54, 1.807) is 42.1 Å². The van der Waals surface area contributed by atoms with E-state index in [1.807, 2.05) is 29.7 Å². The standard InChI is InChI=1S/C28H24F6N2S2/c1-3-18-6-4-5-7-20(18)15-37-16-25(35)19-8-10-24(11-9-19)38-17-26(36-2)21-12-22(27(29,30)31)14-23(13-21)28(32,33)34/h3-14,16-17,36H,1,15,35H2,2H3/b25-16-,26-17-. The molecule has 0 atom stereocenters. The zero-order valence-electron chi connectivity index (χ0n) is 20.2. The van der Waals surface area contributed by atoms with Gasteiger partial charge in [-0.25, -0.2) is 0 Å². The number of nitrogens with two attached hydrogens (primary N) is 1. The molecule has 0 unspecified atom stereocenters. The summed E-state index contributed by atoms with van der Waals surface area (Å²) in [4.78, 5) is 0.727. The predicted octanol–water partition coefficient (Wildman–Crippen LogP) is 8.87. The van der Waals surface area contributed by atoms with Crippen molar-refractivity contribution in [3.8, 4) is 0 Å². The van der Waals surface area contributed by atoms with Gasteiger partial charge in [-0.3, -0.25) is 0 Å². The Bertz CT molecular complexity index is 1290. The van der Waals surface area contributed by atoms with Gasteiger partial charge in [0, 0.05) is 29.1 Å². The third kappa shape index (κ3) is 7.88. The fourth-order valence-corrected chi connectivity index (χ4v) is 5.03. The summed E-state index contributed by atoms with van der Waals surface area (Å²) < 4.78 is 79.3. The fraction of sp³-hybridized carbons (Fsp3) is 0.143. The van der Waals surface area contributed by atoms with Crippen LogP contribution in [0.3, 0.4) is 0 Å². The van der Waals surface area contributed by atoms with Crippen LogP contribution in [-0.4, -0.2) is 7.05 Å². The van der Waals surface area contributed by atoms with Gasteiger partial charge in [-0.2, -0.15) is 26.3 Å². The quantitative estimate of drug-likeness (QED) is 0.200. The minimum Gasteiger partial charge on any atom is -0.398 e. The maximum absolute atomic E-state index is 13.2. The van der Waals surface area contributed by atoms with Gasteiger partial charge < -0.3 is 11.1 Å². The summed E-state index contributed by atoms with van der Waals surface area (Å²) in [6.07, 6.45) is -8.03. The van der Waals surface area contributed by atoms with Crippen molar-refractivity contribution in [1.82, 2.24) is 5.32 Å². The molecule has 3 rings (SSSR count). The zero-order chi connectivity index (χ0) is 27.9. The van der Waals surface area contributed by atoms with Crippen LogP contribution in [-0.2, 0) is 18.1 Å². The highest BCUT2D eigenvalue weighted by Gasteiger charge is 2.37. The lowest BCUT2D eigenvalue weighted by Gasteiger charge is -2.16. The Kier molecular flexibility index (Phi) is 9.67. The molecule has 0 aliphatic rings. The highest BCUT2D eigenvalue weighted by molar-refractivity contribution is 8.02. The molecular weight excluding hydrogens is 542 g/mol. The zero-order valence-corrected chi connectivity index (χ0v) is 21.8. The normalized spacial score (nSPS) is 12.9. The van der Waals surface area contributed by atoms with E-state index in [1.165, 1.54) is 12.5 Å². The molecule has 2 nitrogen and oxygen atoms in total. The molecule has 3 N–H and O–H groups in total. The molecule has 0 radical (unpaired) electrons. The summed E-state index contributed by atoms with van der Waals surface area (Å²) >= 11 is 2.70. The van der Waals surface area contributed by atoms with Gasteiger partial charge in [0.15, 0.2) is 0 Å². The SMILES string of the molecule is C=Cc1ccccc1CS/C=C(\N)c1ccc(S/C=C(\NC)c2cc(C(F)(F)F)cc(C(F)(F)F)c2)cc1. The Labute approximate surface area is 225 Å². The number of benzene rings is 3. The molecule has 0 saturated carbocycles. The lowest BCUT2D eigenvalue weighted by Crippen LogP contribution is -2.13. The van der Waals surface area contributed by atoms with E-state index in [9.17, 15) is 26.3 Å². The fourth-order valence-electron chi connectivity index (χ4n) is 3.39. The monoisotopic (exact) mass is 566 g/mol. The van der Waals surface area contributed by atoms with Gasteiger partial charge in [-0.05, 0) is 63.4 Å². The third-order valence-corrected chi connectivity index (χ3v) is 7.19. The molecule has 0 heterocycles. The molecule has 0 aliphatic heterocycles. The molecule has 0 fully saturated rings. The third-order valence-electron chi connectivity index (χ3n) is 5.39. The minimum atomic E-state index is -4.92. The molecule has 10 heteroatoms. The van der Waals surface area contributed by atoms with Crippen molar-refractivity contribution in [3.05, 3.63) is 118 Å². The van der Waals surface area contributed by atoms with Gasteiger partial charge in [0.2, 0.25) is 0 Å². The average molecular weight is 567 g/mol. The Morgan fingerprint density at radius 3 is 2.03 bits per heavy atom. The van der Waals surface area contributed by atoms with E-state index in [-0.39, 0.29) is 17.3 Å². The van der Waals surface area contributed by atoms with Crippen LogP contribution in [0.5, 0.6) is 0 Å². The summed E-state index contributed by atoms with van der Waals surface area (Å²) in [5, 5.41) is 6.01. The summed E-state index contributed by atoms with van der Waals surface area (Å²) in [5.74, 6) is 0.722. The molecular formula is C28H24F6N2S2. The van der Waals surface area contributed by atoms with Crippen molar-refractivity contribution in [2.45, 2.75) is 23.0 Å². The number of halogens is 6. The first-order valence-corrected chi connectivity index (χ1v) is 13.1. The molecule has 0 amide bonds. The molecule has 0 spiro atoms.